The first-order valence-corrected chi connectivity index (χ1v) is 3.85. The minimum absolute atomic E-state index is 0.750. The molecule has 0 radical (unpaired) electrons. The highest BCUT2D eigenvalue weighted by atomic mass is 19.1. The molecular formula is C8H15FO. The number of carbonyl (C=O) groups excluding carboxylic acids is 1. The summed E-state index contributed by atoms with van der Waals surface area (Å²) in [7, 11) is 0. The summed E-state index contributed by atoms with van der Waals surface area (Å²) >= 11 is 0. The Kier molecular flexibility index (Phi) is 6.45. The Labute approximate surface area is 61.6 Å². The molecule has 0 aromatic heterocycles. The van der Waals surface area contributed by atoms with E-state index in [2.05, 4.69) is 6.92 Å². The van der Waals surface area contributed by atoms with Gasteiger partial charge in [-0.15, -0.1) is 0 Å². The van der Waals surface area contributed by atoms with Crippen molar-refractivity contribution in [3.05, 3.63) is 0 Å². The topological polar surface area (TPSA) is 17.1 Å². The molecule has 1 aliphatic carbocycles. The molecule has 0 atom stereocenters. The van der Waals surface area contributed by atoms with Gasteiger partial charge < -0.3 is 0 Å². The van der Waals surface area contributed by atoms with Crippen LogP contribution in [0.2, 0.25) is 0 Å². The fraction of sp³-hybridized carbons (Fsp3) is 0.875. The molecule has 0 saturated heterocycles. The second-order valence-electron chi connectivity index (χ2n) is 2.83. The number of carbonyl (C=O) groups is 1. The number of hydrogen-bond acceptors (Lipinski definition) is 1. The quantitative estimate of drug-likeness (QED) is 0.379. The van der Waals surface area contributed by atoms with Gasteiger partial charge in [-0.25, -0.2) is 0 Å². The molecule has 0 bridgehead atoms. The van der Waals surface area contributed by atoms with Crippen molar-refractivity contribution in [1.82, 2.24) is 0 Å². The van der Waals surface area contributed by atoms with Crippen LogP contribution in [0.15, 0.2) is 0 Å². The van der Waals surface area contributed by atoms with E-state index in [0.29, 0.717) is 0 Å². The molecule has 1 rings (SSSR count). The van der Waals surface area contributed by atoms with Gasteiger partial charge in [-0.05, 0) is 5.92 Å². The standard InChI is InChI=1S/C7H14.CHFO/c1-7-5-3-2-4-6-7;2-1-3/h7H,2-6H2,1H3;1H. The molecule has 60 valence electrons. The molecule has 10 heavy (non-hydrogen) atoms. The van der Waals surface area contributed by atoms with Gasteiger partial charge >= 0.3 is 0 Å². The molecule has 1 fully saturated rings. The van der Waals surface area contributed by atoms with Crippen molar-refractivity contribution in [3.8, 4) is 0 Å². The largest absolute Gasteiger partial charge is 0.289 e. The molecule has 0 amide bonds. The van der Waals surface area contributed by atoms with Crippen molar-refractivity contribution in [3.63, 3.8) is 0 Å². The van der Waals surface area contributed by atoms with Crippen LogP contribution < -0.4 is 0 Å². The second-order valence-corrected chi connectivity index (χ2v) is 2.83. The fourth-order valence-electron chi connectivity index (χ4n) is 1.31. The van der Waals surface area contributed by atoms with Gasteiger partial charge in [-0.2, -0.15) is 4.39 Å². The maximum Gasteiger partial charge on any atom is 0.289 e. The zero-order chi connectivity index (χ0) is 7.82. The van der Waals surface area contributed by atoms with Crippen LogP contribution in [0, 0.1) is 5.92 Å². The highest BCUT2D eigenvalue weighted by molar-refractivity contribution is 5.35. The van der Waals surface area contributed by atoms with Crippen LogP contribution in [-0.4, -0.2) is 6.54 Å². The van der Waals surface area contributed by atoms with Gasteiger partial charge in [0, 0.05) is 0 Å². The van der Waals surface area contributed by atoms with Crippen molar-refractivity contribution in [2.45, 2.75) is 39.0 Å². The van der Waals surface area contributed by atoms with Gasteiger partial charge in [0.2, 0.25) is 0 Å². The second kappa shape index (κ2) is 6.72. The van der Waals surface area contributed by atoms with Gasteiger partial charge in [0.15, 0.2) is 0 Å². The van der Waals surface area contributed by atoms with Crippen molar-refractivity contribution in [2.24, 2.45) is 5.92 Å². The van der Waals surface area contributed by atoms with Crippen molar-refractivity contribution in [2.75, 3.05) is 0 Å². The summed E-state index contributed by atoms with van der Waals surface area (Å²) in [6.45, 7) is 1.61. The number of hydrogen-bond donors (Lipinski definition) is 0. The maximum atomic E-state index is 9.61. The van der Waals surface area contributed by atoms with Crippen molar-refractivity contribution >= 4 is 6.54 Å². The Balaban J connectivity index is 0.000000236. The van der Waals surface area contributed by atoms with E-state index >= 15 is 0 Å². The van der Waals surface area contributed by atoms with Crippen LogP contribution in [0.3, 0.4) is 0 Å². The Bertz CT molecular complexity index is 77.3. The predicted octanol–water partition coefficient (Wildman–Crippen LogP) is 2.73. The molecule has 1 saturated carbocycles. The molecule has 0 aliphatic heterocycles. The average molecular weight is 146 g/mol. The lowest BCUT2D eigenvalue weighted by Gasteiger charge is -2.15. The number of rotatable bonds is 0. The number of halogens is 1. The Morgan fingerprint density at radius 3 is 1.90 bits per heavy atom. The smallest absolute Gasteiger partial charge is 0.265 e. The molecular weight excluding hydrogens is 131 g/mol. The fourth-order valence-corrected chi connectivity index (χ4v) is 1.31. The molecule has 1 nitrogen and oxygen atoms in total. The van der Waals surface area contributed by atoms with Crippen LogP contribution in [-0.2, 0) is 4.79 Å². The van der Waals surface area contributed by atoms with Gasteiger partial charge in [-0.3, -0.25) is 4.79 Å². The van der Waals surface area contributed by atoms with E-state index in [4.69, 9.17) is 4.79 Å². The van der Waals surface area contributed by atoms with E-state index in [0.717, 1.165) is 5.92 Å². The lowest BCUT2D eigenvalue weighted by atomic mass is 9.91. The average Bonchev–Trinajstić information content (AvgIpc) is 1.91. The molecule has 0 N–H and O–H groups in total. The molecule has 1 aliphatic rings. The first-order chi connectivity index (χ1) is 4.81. The van der Waals surface area contributed by atoms with Crippen LogP contribution in [0.1, 0.15) is 39.0 Å². The third-order valence-corrected chi connectivity index (χ3v) is 1.89. The molecule has 0 aromatic rings. The van der Waals surface area contributed by atoms with E-state index in [1.54, 1.807) is 0 Å². The molecule has 0 spiro atoms. The normalized spacial score (nSPS) is 19.0. The lowest BCUT2D eigenvalue weighted by molar-refractivity contribution is 0.385. The van der Waals surface area contributed by atoms with Gasteiger partial charge in [0.25, 0.3) is 6.54 Å². The van der Waals surface area contributed by atoms with Crippen LogP contribution in [0.5, 0.6) is 0 Å². The highest BCUT2D eigenvalue weighted by Gasteiger charge is 2.05. The Hall–Kier alpha value is -0.400. The summed E-state index contributed by atoms with van der Waals surface area (Å²) in [5.74, 6) is 1.04. The van der Waals surface area contributed by atoms with E-state index in [1.165, 1.54) is 32.1 Å². The third kappa shape index (κ3) is 5.73. The molecule has 0 heterocycles. The van der Waals surface area contributed by atoms with E-state index < -0.39 is 6.54 Å². The Morgan fingerprint density at radius 2 is 1.70 bits per heavy atom. The zero-order valence-corrected chi connectivity index (χ0v) is 6.48. The minimum atomic E-state index is -0.750. The minimum Gasteiger partial charge on any atom is -0.265 e. The molecule has 0 unspecified atom stereocenters. The van der Waals surface area contributed by atoms with Crippen LogP contribution in [0.25, 0.3) is 0 Å². The van der Waals surface area contributed by atoms with E-state index in [-0.39, 0.29) is 0 Å². The summed E-state index contributed by atoms with van der Waals surface area (Å²) in [5, 5.41) is 0. The Morgan fingerprint density at radius 1 is 1.30 bits per heavy atom. The highest BCUT2D eigenvalue weighted by Crippen LogP contribution is 2.21. The SMILES string of the molecule is CC1CCCCC1.O=CF. The van der Waals surface area contributed by atoms with Crippen LogP contribution >= 0.6 is 0 Å². The summed E-state index contributed by atoms with van der Waals surface area (Å²) < 4.78 is 9.61. The monoisotopic (exact) mass is 146 g/mol. The van der Waals surface area contributed by atoms with Crippen molar-refractivity contribution in [1.29, 1.82) is 0 Å². The van der Waals surface area contributed by atoms with E-state index in [9.17, 15) is 4.39 Å². The maximum absolute atomic E-state index is 9.61. The summed E-state index contributed by atoms with van der Waals surface area (Å²) in [6.07, 6.45) is 7.44. The molecule has 0 aromatic carbocycles. The van der Waals surface area contributed by atoms with Gasteiger partial charge in [0.05, 0.1) is 0 Å². The first-order valence-electron chi connectivity index (χ1n) is 3.85. The first kappa shape index (κ1) is 9.60. The van der Waals surface area contributed by atoms with Gasteiger partial charge in [0.1, 0.15) is 0 Å². The summed E-state index contributed by atoms with van der Waals surface area (Å²) in [4.78, 5) is 8.14. The van der Waals surface area contributed by atoms with Crippen molar-refractivity contribution < 1.29 is 9.18 Å². The predicted molar refractivity (Wildman–Crippen MR) is 40.1 cm³/mol. The van der Waals surface area contributed by atoms with Gasteiger partial charge in [-0.1, -0.05) is 39.0 Å². The lowest BCUT2D eigenvalue weighted by Crippen LogP contribution is -1.99. The third-order valence-electron chi connectivity index (χ3n) is 1.89. The molecule has 2 heteroatoms. The summed E-state index contributed by atoms with van der Waals surface area (Å²) in [5.41, 5.74) is 0. The summed E-state index contributed by atoms with van der Waals surface area (Å²) in [6, 6.07) is 0. The zero-order valence-electron chi connectivity index (χ0n) is 6.48. The van der Waals surface area contributed by atoms with E-state index in [1.807, 2.05) is 0 Å². The van der Waals surface area contributed by atoms with Crippen LogP contribution in [0.4, 0.5) is 4.39 Å².